The molecule has 0 aliphatic heterocycles. The SMILES string of the molecule is CCCCNC(=O)[C@H](Cc1ccccc1)N(Cc1cccc(C)c1)C(=O)CCCN(c1cccc(Cl)c1)S(C)(=O)=O. The van der Waals surface area contributed by atoms with Crippen LogP contribution < -0.4 is 9.62 Å². The van der Waals surface area contributed by atoms with Gasteiger partial charge in [0, 0.05) is 37.5 Å². The highest BCUT2D eigenvalue weighted by atomic mass is 35.5. The standard InChI is InChI=1S/C32H40ClN3O4S/c1-4-5-19-34-32(38)30(22-26-13-7-6-8-14-26)35(24-27-15-9-12-25(2)21-27)31(37)18-11-20-36(41(3,39)40)29-17-10-16-28(33)23-29/h6-10,12-17,21,23,30H,4-5,11,18-20,22,24H2,1-3H3,(H,34,38)/t30-/m0/s1. The Kier molecular flexibility index (Phi) is 12.2. The molecule has 0 radical (unpaired) electrons. The van der Waals surface area contributed by atoms with Crippen LogP contribution >= 0.6 is 11.6 Å². The van der Waals surface area contributed by atoms with Crippen molar-refractivity contribution in [2.24, 2.45) is 0 Å². The number of nitrogens with zero attached hydrogens (tertiary/aromatic N) is 2. The van der Waals surface area contributed by atoms with Crippen molar-refractivity contribution < 1.29 is 18.0 Å². The highest BCUT2D eigenvalue weighted by molar-refractivity contribution is 7.92. The molecule has 1 N–H and O–H groups in total. The number of carbonyl (C=O) groups excluding carboxylic acids is 2. The quantitative estimate of drug-likeness (QED) is 0.226. The fraction of sp³-hybridized carbons (Fsp3) is 0.375. The van der Waals surface area contributed by atoms with Gasteiger partial charge in [0.25, 0.3) is 0 Å². The van der Waals surface area contributed by atoms with E-state index in [9.17, 15) is 18.0 Å². The van der Waals surface area contributed by atoms with Gasteiger partial charge in [-0.2, -0.15) is 0 Å². The lowest BCUT2D eigenvalue weighted by Gasteiger charge is -2.32. The van der Waals surface area contributed by atoms with Gasteiger partial charge in [0.2, 0.25) is 21.8 Å². The van der Waals surface area contributed by atoms with E-state index in [1.165, 1.54) is 4.31 Å². The Balaban J connectivity index is 1.87. The molecule has 2 amide bonds. The van der Waals surface area contributed by atoms with Crippen molar-refractivity contribution in [1.82, 2.24) is 10.2 Å². The van der Waals surface area contributed by atoms with Gasteiger partial charge in [0.1, 0.15) is 6.04 Å². The molecule has 0 saturated carbocycles. The molecule has 0 spiro atoms. The largest absolute Gasteiger partial charge is 0.354 e. The molecule has 0 aromatic heterocycles. The maximum atomic E-state index is 13.9. The van der Waals surface area contributed by atoms with Crippen LogP contribution in [-0.2, 0) is 32.6 Å². The lowest BCUT2D eigenvalue weighted by Crippen LogP contribution is -2.50. The summed E-state index contributed by atoms with van der Waals surface area (Å²) in [6.07, 6.45) is 3.65. The molecule has 1 atom stereocenters. The van der Waals surface area contributed by atoms with Crippen molar-refractivity contribution in [3.05, 3.63) is 101 Å². The van der Waals surface area contributed by atoms with Gasteiger partial charge in [-0.05, 0) is 49.1 Å². The van der Waals surface area contributed by atoms with Crippen LogP contribution in [0.4, 0.5) is 5.69 Å². The Morgan fingerprint density at radius 2 is 1.63 bits per heavy atom. The molecule has 0 fully saturated rings. The lowest BCUT2D eigenvalue weighted by atomic mass is 10.0. The van der Waals surface area contributed by atoms with Crippen LogP contribution in [-0.4, -0.2) is 50.5 Å². The number of carbonyl (C=O) groups is 2. The minimum absolute atomic E-state index is 0.0753. The van der Waals surface area contributed by atoms with Crippen molar-refractivity contribution in [2.45, 2.75) is 58.5 Å². The zero-order chi connectivity index (χ0) is 29.8. The van der Waals surface area contributed by atoms with Gasteiger partial charge in [-0.3, -0.25) is 13.9 Å². The molecule has 220 valence electrons. The Morgan fingerprint density at radius 3 is 2.29 bits per heavy atom. The van der Waals surface area contributed by atoms with Crippen LogP contribution in [0.1, 0.15) is 49.3 Å². The summed E-state index contributed by atoms with van der Waals surface area (Å²) in [7, 11) is -3.60. The number of amides is 2. The molecule has 9 heteroatoms. The second-order valence-corrected chi connectivity index (χ2v) is 12.6. The maximum absolute atomic E-state index is 13.9. The van der Waals surface area contributed by atoms with Crippen LogP contribution in [0.3, 0.4) is 0 Å². The van der Waals surface area contributed by atoms with E-state index in [4.69, 9.17) is 11.6 Å². The number of nitrogens with one attached hydrogen (secondary N) is 1. The Bertz CT molecular complexity index is 1400. The summed E-state index contributed by atoms with van der Waals surface area (Å²) in [6, 6.07) is 23.5. The molecule has 41 heavy (non-hydrogen) atoms. The molecule has 0 saturated heterocycles. The molecule has 0 aliphatic carbocycles. The topological polar surface area (TPSA) is 86.8 Å². The normalized spacial score (nSPS) is 12.0. The van der Waals surface area contributed by atoms with Crippen LogP contribution in [0, 0.1) is 6.92 Å². The second kappa shape index (κ2) is 15.6. The number of sulfonamides is 1. The van der Waals surface area contributed by atoms with E-state index in [2.05, 4.69) is 12.2 Å². The van der Waals surface area contributed by atoms with Gasteiger partial charge in [-0.25, -0.2) is 8.42 Å². The number of unbranched alkanes of at least 4 members (excludes halogenated alkanes) is 1. The number of hydrogen-bond acceptors (Lipinski definition) is 4. The summed E-state index contributed by atoms with van der Waals surface area (Å²) in [5, 5.41) is 3.45. The molecule has 0 unspecified atom stereocenters. The van der Waals surface area contributed by atoms with Gasteiger partial charge < -0.3 is 10.2 Å². The maximum Gasteiger partial charge on any atom is 0.243 e. The minimum Gasteiger partial charge on any atom is -0.354 e. The summed E-state index contributed by atoms with van der Waals surface area (Å²) >= 11 is 6.11. The zero-order valence-corrected chi connectivity index (χ0v) is 25.6. The molecular formula is C32H40ClN3O4S. The van der Waals surface area contributed by atoms with Crippen LogP contribution in [0.2, 0.25) is 5.02 Å². The average molecular weight is 598 g/mol. The third kappa shape index (κ3) is 10.2. The molecule has 3 aromatic rings. The highest BCUT2D eigenvalue weighted by Crippen LogP contribution is 2.23. The number of benzene rings is 3. The van der Waals surface area contributed by atoms with E-state index < -0.39 is 16.1 Å². The van der Waals surface area contributed by atoms with Crippen molar-refractivity contribution in [1.29, 1.82) is 0 Å². The average Bonchev–Trinajstić information content (AvgIpc) is 2.93. The molecule has 0 aliphatic rings. The van der Waals surface area contributed by atoms with Crippen LogP contribution in [0.5, 0.6) is 0 Å². The first-order chi connectivity index (χ1) is 19.6. The lowest BCUT2D eigenvalue weighted by molar-refractivity contribution is -0.141. The third-order valence-corrected chi connectivity index (χ3v) is 8.21. The molecule has 3 aromatic carbocycles. The zero-order valence-electron chi connectivity index (χ0n) is 24.1. The number of anilines is 1. The number of halogens is 1. The third-order valence-electron chi connectivity index (χ3n) is 6.78. The van der Waals surface area contributed by atoms with Crippen LogP contribution in [0.15, 0.2) is 78.9 Å². The predicted octanol–water partition coefficient (Wildman–Crippen LogP) is 5.75. The van der Waals surface area contributed by atoms with Gasteiger partial charge >= 0.3 is 0 Å². The van der Waals surface area contributed by atoms with E-state index in [1.54, 1.807) is 29.2 Å². The van der Waals surface area contributed by atoms with Crippen molar-refractivity contribution in [3.63, 3.8) is 0 Å². The Labute approximate surface area is 249 Å². The Morgan fingerprint density at radius 1 is 0.927 bits per heavy atom. The van der Waals surface area contributed by atoms with E-state index in [0.717, 1.165) is 35.8 Å². The summed E-state index contributed by atoms with van der Waals surface area (Å²) in [5.41, 5.74) is 3.39. The van der Waals surface area contributed by atoms with Gasteiger partial charge in [0.15, 0.2) is 0 Å². The van der Waals surface area contributed by atoms with Crippen LogP contribution in [0.25, 0.3) is 0 Å². The van der Waals surface area contributed by atoms with E-state index in [1.807, 2.05) is 61.5 Å². The van der Waals surface area contributed by atoms with E-state index in [-0.39, 0.29) is 37.7 Å². The molecule has 3 rings (SSSR count). The highest BCUT2D eigenvalue weighted by Gasteiger charge is 2.30. The molecule has 0 heterocycles. The molecule has 7 nitrogen and oxygen atoms in total. The fourth-order valence-corrected chi connectivity index (χ4v) is 5.84. The first-order valence-electron chi connectivity index (χ1n) is 14.0. The monoisotopic (exact) mass is 597 g/mol. The van der Waals surface area contributed by atoms with E-state index in [0.29, 0.717) is 23.7 Å². The summed E-state index contributed by atoms with van der Waals surface area (Å²) < 4.78 is 26.4. The number of aryl methyl sites for hydroxylation is 1. The number of rotatable bonds is 15. The van der Waals surface area contributed by atoms with Crippen molar-refractivity contribution in [2.75, 3.05) is 23.7 Å². The molecular weight excluding hydrogens is 558 g/mol. The first-order valence-corrected chi connectivity index (χ1v) is 16.2. The second-order valence-electron chi connectivity index (χ2n) is 10.3. The minimum atomic E-state index is -3.60. The van der Waals surface area contributed by atoms with Gasteiger partial charge in [-0.1, -0.05) is 91.2 Å². The summed E-state index contributed by atoms with van der Waals surface area (Å²) in [5.74, 6) is -0.405. The van der Waals surface area contributed by atoms with Gasteiger partial charge in [-0.15, -0.1) is 0 Å². The first kappa shape index (κ1) is 32.2. The van der Waals surface area contributed by atoms with Crippen molar-refractivity contribution >= 4 is 39.1 Å². The Hall–Kier alpha value is -3.36. The summed E-state index contributed by atoms with van der Waals surface area (Å²) in [6.45, 7) is 4.96. The van der Waals surface area contributed by atoms with Crippen molar-refractivity contribution in [3.8, 4) is 0 Å². The van der Waals surface area contributed by atoms with E-state index >= 15 is 0 Å². The van der Waals surface area contributed by atoms with Gasteiger partial charge in [0.05, 0.1) is 11.9 Å². The number of hydrogen-bond donors (Lipinski definition) is 1. The summed E-state index contributed by atoms with van der Waals surface area (Å²) in [4.78, 5) is 29.1. The smallest absolute Gasteiger partial charge is 0.243 e. The molecule has 0 bridgehead atoms. The fourth-order valence-electron chi connectivity index (χ4n) is 4.70. The predicted molar refractivity (Wildman–Crippen MR) is 166 cm³/mol.